The quantitative estimate of drug-likeness (QED) is 0.640. The highest BCUT2D eigenvalue weighted by Crippen LogP contribution is 1.99. The molecule has 13 heavy (non-hydrogen) atoms. The minimum absolute atomic E-state index is 0.475. The molecule has 4 nitrogen and oxygen atoms in total. The lowest BCUT2D eigenvalue weighted by Crippen LogP contribution is -2.03. The van der Waals surface area contributed by atoms with Crippen LogP contribution in [0, 0.1) is 5.95 Å². The molecule has 2 heterocycles. The van der Waals surface area contributed by atoms with Crippen molar-refractivity contribution in [2.75, 3.05) is 0 Å². The average molecular weight is 178 g/mol. The fourth-order valence-electron chi connectivity index (χ4n) is 0.988. The van der Waals surface area contributed by atoms with Crippen molar-refractivity contribution >= 4 is 0 Å². The molecule has 66 valence electrons. The van der Waals surface area contributed by atoms with Crippen LogP contribution < -0.4 is 0 Å². The summed E-state index contributed by atoms with van der Waals surface area (Å²) in [5.74, 6) is -0.475. The van der Waals surface area contributed by atoms with Crippen molar-refractivity contribution in [2.45, 2.75) is 6.54 Å². The molecule has 0 unspecified atom stereocenters. The van der Waals surface area contributed by atoms with E-state index in [2.05, 4.69) is 15.2 Å². The first-order valence-corrected chi connectivity index (χ1v) is 3.79. The molecular formula is C8H7FN4. The van der Waals surface area contributed by atoms with Crippen molar-refractivity contribution in [3.63, 3.8) is 0 Å². The van der Waals surface area contributed by atoms with Crippen LogP contribution in [0.25, 0.3) is 0 Å². The van der Waals surface area contributed by atoms with E-state index in [1.807, 2.05) is 0 Å². The second kappa shape index (κ2) is 3.30. The molecule has 0 aliphatic heterocycles. The van der Waals surface area contributed by atoms with Crippen LogP contribution in [0.2, 0.25) is 0 Å². The predicted molar refractivity (Wildman–Crippen MR) is 43.3 cm³/mol. The molecule has 0 N–H and O–H groups in total. The molecule has 0 saturated heterocycles. The smallest absolute Gasteiger partial charge is 0.212 e. The van der Waals surface area contributed by atoms with Crippen molar-refractivity contribution in [3.8, 4) is 0 Å². The number of nitrogens with zero attached hydrogens (tertiary/aromatic N) is 4. The summed E-state index contributed by atoms with van der Waals surface area (Å²) in [6.07, 6.45) is 4.66. The summed E-state index contributed by atoms with van der Waals surface area (Å²) in [4.78, 5) is 5.03. The molecule has 0 fully saturated rings. The Morgan fingerprint density at radius 3 is 2.62 bits per heavy atom. The van der Waals surface area contributed by atoms with Gasteiger partial charge in [0.05, 0.1) is 18.9 Å². The van der Waals surface area contributed by atoms with Gasteiger partial charge >= 0.3 is 0 Å². The Kier molecular flexibility index (Phi) is 1.99. The van der Waals surface area contributed by atoms with Gasteiger partial charge in [-0.25, -0.2) is 4.98 Å². The minimum atomic E-state index is -0.475. The highest BCUT2D eigenvalue weighted by Gasteiger charge is 1.96. The molecule has 0 atom stereocenters. The normalized spacial score (nSPS) is 10.2. The molecule has 5 heteroatoms. The van der Waals surface area contributed by atoms with E-state index < -0.39 is 5.95 Å². The molecule has 0 amide bonds. The van der Waals surface area contributed by atoms with Gasteiger partial charge in [-0.05, 0) is 11.6 Å². The van der Waals surface area contributed by atoms with Gasteiger partial charge in [-0.3, -0.25) is 0 Å². The van der Waals surface area contributed by atoms with Gasteiger partial charge < -0.3 is 0 Å². The molecule has 2 aromatic heterocycles. The Morgan fingerprint density at radius 2 is 2.00 bits per heavy atom. The molecule has 0 aliphatic carbocycles. The topological polar surface area (TPSA) is 43.6 Å². The summed E-state index contributed by atoms with van der Waals surface area (Å²) in [6, 6.07) is 2.98. The van der Waals surface area contributed by atoms with E-state index in [9.17, 15) is 4.39 Å². The van der Waals surface area contributed by atoms with E-state index in [4.69, 9.17) is 0 Å². The standard InChI is InChI=1S/C8H7FN4/c9-8-2-1-7(5-10-8)6-13-11-3-4-12-13/h1-5H,6H2. The molecule has 0 spiro atoms. The third-order valence-electron chi connectivity index (χ3n) is 1.58. The number of aromatic nitrogens is 4. The third-order valence-corrected chi connectivity index (χ3v) is 1.58. The Labute approximate surface area is 74.0 Å². The molecule has 0 saturated carbocycles. The number of hydrogen-bond donors (Lipinski definition) is 0. The lowest BCUT2D eigenvalue weighted by molar-refractivity contribution is 0.568. The van der Waals surface area contributed by atoms with Crippen molar-refractivity contribution in [2.24, 2.45) is 0 Å². The lowest BCUT2D eigenvalue weighted by Gasteiger charge is -1.98. The zero-order chi connectivity index (χ0) is 9.10. The molecule has 0 aromatic carbocycles. The molecule has 2 rings (SSSR count). The molecule has 0 bridgehead atoms. The van der Waals surface area contributed by atoms with Gasteiger partial charge in [0.1, 0.15) is 0 Å². The summed E-state index contributed by atoms with van der Waals surface area (Å²) < 4.78 is 12.4. The Bertz CT molecular complexity index is 368. The molecule has 2 aromatic rings. The fourth-order valence-corrected chi connectivity index (χ4v) is 0.988. The largest absolute Gasteiger partial charge is 0.228 e. The SMILES string of the molecule is Fc1ccc(Cn2nccn2)cn1. The van der Waals surface area contributed by atoms with E-state index in [0.717, 1.165) is 5.56 Å². The maximum atomic E-state index is 12.4. The van der Waals surface area contributed by atoms with E-state index in [1.54, 1.807) is 18.5 Å². The number of halogens is 1. The molecule has 0 radical (unpaired) electrons. The lowest BCUT2D eigenvalue weighted by atomic mass is 10.3. The van der Waals surface area contributed by atoms with Crippen LogP contribution in [0.4, 0.5) is 4.39 Å². The summed E-state index contributed by atoms with van der Waals surface area (Å²) in [5.41, 5.74) is 0.873. The van der Waals surface area contributed by atoms with Crippen molar-refractivity contribution in [3.05, 3.63) is 42.2 Å². The Balaban J connectivity index is 2.15. The predicted octanol–water partition coefficient (Wildman–Crippen LogP) is 0.861. The van der Waals surface area contributed by atoms with Crippen LogP contribution in [0.3, 0.4) is 0 Å². The molecular weight excluding hydrogens is 171 g/mol. The van der Waals surface area contributed by atoms with Gasteiger partial charge in [0.15, 0.2) is 0 Å². The van der Waals surface area contributed by atoms with Gasteiger partial charge in [-0.1, -0.05) is 6.07 Å². The highest BCUT2D eigenvalue weighted by atomic mass is 19.1. The summed E-state index contributed by atoms with van der Waals surface area (Å²) >= 11 is 0. The van der Waals surface area contributed by atoms with Gasteiger partial charge in [0, 0.05) is 6.20 Å². The average Bonchev–Trinajstić information content (AvgIpc) is 2.62. The zero-order valence-electron chi connectivity index (χ0n) is 6.76. The number of rotatable bonds is 2. The van der Waals surface area contributed by atoms with Crippen LogP contribution in [0.15, 0.2) is 30.7 Å². The zero-order valence-corrected chi connectivity index (χ0v) is 6.76. The first-order chi connectivity index (χ1) is 6.34. The highest BCUT2D eigenvalue weighted by molar-refractivity contribution is 5.08. The summed E-state index contributed by atoms with van der Waals surface area (Å²) in [5, 5.41) is 7.84. The maximum Gasteiger partial charge on any atom is 0.212 e. The van der Waals surface area contributed by atoms with E-state index >= 15 is 0 Å². The van der Waals surface area contributed by atoms with E-state index in [0.29, 0.717) is 6.54 Å². The van der Waals surface area contributed by atoms with Gasteiger partial charge in [-0.15, -0.1) is 0 Å². The fraction of sp³-hybridized carbons (Fsp3) is 0.125. The van der Waals surface area contributed by atoms with Crippen molar-refractivity contribution in [1.82, 2.24) is 20.0 Å². The van der Waals surface area contributed by atoms with Gasteiger partial charge in [0.2, 0.25) is 5.95 Å². The monoisotopic (exact) mass is 178 g/mol. The van der Waals surface area contributed by atoms with Crippen molar-refractivity contribution < 1.29 is 4.39 Å². The first kappa shape index (κ1) is 7.85. The Morgan fingerprint density at radius 1 is 1.23 bits per heavy atom. The van der Waals surface area contributed by atoms with Crippen LogP contribution in [-0.2, 0) is 6.54 Å². The first-order valence-electron chi connectivity index (χ1n) is 3.79. The summed E-state index contributed by atoms with van der Waals surface area (Å²) in [7, 11) is 0. The summed E-state index contributed by atoms with van der Waals surface area (Å²) in [6.45, 7) is 0.514. The second-order valence-corrected chi connectivity index (χ2v) is 2.55. The second-order valence-electron chi connectivity index (χ2n) is 2.55. The maximum absolute atomic E-state index is 12.4. The van der Waals surface area contributed by atoms with E-state index in [1.165, 1.54) is 17.1 Å². The third kappa shape index (κ3) is 1.87. The van der Waals surface area contributed by atoms with Crippen LogP contribution in [0.5, 0.6) is 0 Å². The van der Waals surface area contributed by atoms with Crippen molar-refractivity contribution in [1.29, 1.82) is 0 Å². The number of hydrogen-bond acceptors (Lipinski definition) is 3. The Hall–Kier alpha value is -1.78. The van der Waals surface area contributed by atoms with Crippen LogP contribution in [0.1, 0.15) is 5.56 Å². The minimum Gasteiger partial charge on any atom is -0.228 e. The molecule has 0 aliphatic rings. The van der Waals surface area contributed by atoms with Gasteiger partial charge in [0.25, 0.3) is 0 Å². The van der Waals surface area contributed by atoms with Crippen LogP contribution in [-0.4, -0.2) is 20.0 Å². The van der Waals surface area contributed by atoms with Crippen LogP contribution >= 0.6 is 0 Å². The number of pyridine rings is 1. The van der Waals surface area contributed by atoms with Gasteiger partial charge in [-0.2, -0.15) is 19.4 Å². The van der Waals surface area contributed by atoms with E-state index in [-0.39, 0.29) is 0 Å².